The Morgan fingerprint density at radius 2 is 0.930 bits per heavy atom. The van der Waals surface area contributed by atoms with Crippen LogP contribution in [0.1, 0.15) is 0 Å². The van der Waals surface area contributed by atoms with E-state index in [0.29, 0.717) is 17.5 Å². The van der Waals surface area contributed by atoms with Crippen molar-refractivity contribution in [3.63, 3.8) is 0 Å². The molecule has 0 amide bonds. The first-order chi connectivity index (χ1) is 28.2. The second-order valence-electron chi connectivity index (χ2n) is 14.3. The van der Waals surface area contributed by atoms with Crippen molar-refractivity contribution in [1.82, 2.24) is 15.0 Å². The molecule has 0 N–H and O–H groups in total. The van der Waals surface area contributed by atoms with E-state index in [2.05, 4.69) is 103 Å². The first kappa shape index (κ1) is 31.9. The van der Waals surface area contributed by atoms with E-state index in [0.717, 1.165) is 82.8 Å². The summed E-state index contributed by atoms with van der Waals surface area (Å²) >= 11 is 1.79. The van der Waals surface area contributed by atoms with E-state index in [1.54, 1.807) is 11.3 Å². The summed E-state index contributed by atoms with van der Waals surface area (Å²) in [5.41, 5.74) is 10.8. The summed E-state index contributed by atoms with van der Waals surface area (Å²) < 4.78 is 15.1. The average molecular weight is 748 g/mol. The van der Waals surface area contributed by atoms with Crippen molar-refractivity contribution in [2.24, 2.45) is 0 Å². The number of nitrogens with zero attached hydrogens (tertiary/aromatic N) is 3. The summed E-state index contributed by atoms with van der Waals surface area (Å²) in [4.78, 5) is 15.3. The van der Waals surface area contributed by atoms with Gasteiger partial charge < -0.3 is 8.83 Å². The van der Waals surface area contributed by atoms with Crippen molar-refractivity contribution in [2.75, 3.05) is 0 Å². The Bertz CT molecular complexity index is 3530. The third kappa shape index (κ3) is 5.19. The van der Waals surface area contributed by atoms with Gasteiger partial charge in [0.05, 0.1) is 0 Å². The van der Waals surface area contributed by atoms with Crippen LogP contribution in [-0.2, 0) is 0 Å². The van der Waals surface area contributed by atoms with Gasteiger partial charge in [-0.3, -0.25) is 0 Å². The lowest BCUT2D eigenvalue weighted by Crippen LogP contribution is -2.00. The topological polar surface area (TPSA) is 65.0 Å². The van der Waals surface area contributed by atoms with Crippen LogP contribution in [-0.4, -0.2) is 15.0 Å². The molecular formula is C51H29N3O2S. The number of hydrogen-bond acceptors (Lipinski definition) is 6. The molecule has 0 saturated carbocycles. The summed E-state index contributed by atoms with van der Waals surface area (Å²) in [6.45, 7) is 0. The van der Waals surface area contributed by atoms with E-state index >= 15 is 0 Å². The molecule has 57 heavy (non-hydrogen) atoms. The van der Waals surface area contributed by atoms with Gasteiger partial charge in [0.25, 0.3) is 0 Å². The van der Waals surface area contributed by atoms with Gasteiger partial charge in [-0.15, -0.1) is 11.3 Å². The molecule has 6 heteroatoms. The lowest BCUT2D eigenvalue weighted by Gasteiger charge is -2.10. The van der Waals surface area contributed by atoms with Crippen LogP contribution in [0.5, 0.6) is 0 Å². The third-order valence-corrected chi connectivity index (χ3v) is 12.1. The minimum absolute atomic E-state index is 0.605. The van der Waals surface area contributed by atoms with E-state index < -0.39 is 0 Å². The molecule has 0 saturated heterocycles. The molecule has 0 bridgehead atoms. The second-order valence-corrected chi connectivity index (χ2v) is 15.4. The van der Waals surface area contributed by atoms with E-state index in [4.69, 9.17) is 23.8 Å². The van der Waals surface area contributed by atoms with Gasteiger partial charge in [0.2, 0.25) is 0 Å². The Morgan fingerprint density at radius 3 is 1.70 bits per heavy atom. The van der Waals surface area contributed by atoms with E-state index in [1.807, 2.05) is 72.8 Å². The summed E-state index contributed by atoms with van der Waals surface area (Å²) in [7, 11) is 0. The molecule has 5 nitrogen and oxygen atoms in total. The number of benzene rings is 8. The smallest absolute Gasteiger partial charge is 0.164 e. The predicted molar refractivity (Wildman–Crippen MR) is 234 cm³/mol. The Labute approximate surface area is 330 Å². The summed E-state index contributed by atoms with van der Waals surface area (Å²) in [6.07, 6.45) is 0. The quantitative estimate of drug-likeness (QED) is 0.175. The third-order valence-electron chi connectivity index (χ3n) is 10.9. The minimum atomic E-state index is 0.605. The first-order valence-electron chi connectivity index (χ1n) is 18.9. The number of rotatable bonds is 5. The fourth-order valence-electron chi connectivity index (χ4n) is 8.27. The average Bonchev–Trinajstić information content (AvgIpc) is 3.97. The second kappa shape index (κ2) is 12.6. The van der Waals surface area contributed by atoms with Crippen molar-refractivity contribution in [2.45, 2.75) is 0 Å². The molecule has 0 unspecified atom stereocenters. The van der Waals surface area contributed by atoms with Crippen LogP contribution < -0.4 is 0 Å². The number of thiophene rings is 1. The zero-order valence-corrected chi connectivity index (χ0v) is 31.1. The fourth-order valence-corrected chi connectivity index (χ4v) is 9.39. The van der Waals surface area contributed by atoms with Gasteiger partial charge in [0.1, 0.15) is 22.3 Å². The number of hydrogen-bond donors (Lipinski definition) is 0. The van der Waals surface area contributed by atoms with E-state index in [-0.39, 0.29) is 0 Å². The molecule has 0 aliphatic heterocycles. The molecule has 4 heterocycles. The zero-order valence-electron chi connectivity index (χ0n) is 30.3. The lowest BCUT2D eigenvalue weighted by atomic mass is 9.93. The molecule has 266 valence electrons. The molecule has 4 aromatic heterocycles. The van der Waals surface area contributed by atoms with Crippen LogP contribution in [0.2, 0.25) is 0 Å². The standard InChI is InChI=1S/C51H29N3O2S/c1-3-12-30(13-4-1)34-27-39(48-37-17-8-10-20-42(37)56-44(48)28-34)32-23-25-45-40(26-32)35-24-22-33(29-46(35)57-45)50-52-49(31-14-5-2-6-15-31)53-51(54-50)38-18-11-21-43-47(38)36-16-7-9-19-41(36)55-43/h1-29H. The molecule has 8 aromatic carbocycles. The van der Waals surface area contributed by atoms with Crippen LogP contribution in [0.3, 0.4) is 0 Å². The highest BCUT2D eigenvalue weighted by Gasteiger charge is 2.20. The van der Waals surface area contributed by atoms with Crippen LogP contribution in [0, 0.1) is 0 Å². The molecule has 0 aliphatic carbocycles. The normalized spacial score (nSPS) is 11.9. The number of para-hydroxylation sites is 2. The maximum absolute atomic E-state index is 6.46. The maximum atomic E-state index is 6.46. The van der Waals surface area contributed by atoms with Gasteiger partial charge in [-0.1, -0.05) is 127 Å². The van der Waals surface area contributed by atoms with Crippen LogP contribution >= 0.6 is 11.3 Å². The van der Waals surface area contributed by atoms with Gasteiger partial charge in [0.15, 0.2) is 17.5 Å². The Kier molecular flexibility index (Phi) is 7.03. The summed E-state index contributed by atoms with van der Waals surface area (Å²) in [5, 5.41) is 6.68. The van der Waals surface area contributed by atoms with Crippen LogP contribution in [0.25, 0.3) is 120 Å². The monoisotopic (exact) mass is 747 g/mol. The highest BCUT2D eigenvalue weighted by atomic mass is 32.1. The highest BCUT2D eigenvalue weighted by molar-refractivity contribution is 7.25. The molecule has 0 fully saturated rings. The predicted octanol–water partition coefficient (Wildman–Crippen LogP) is 14.4. The number of fused-ring (bicyclic) bond motifs is 9. The van der Waals surface area contributed by atoms with Crippen molar-refractivity contribution in [3.05, 3.63) is 176 Å². The van der Waals surface area contributed by atoms with Crippen LogP contribution in [0.15, 0.2) is 185 Å². The number of aromatic nitrogens is 3. The molecule has 0 aliphatic rings. The molecule has 12 aromatic rings. The van der Waals surface area contributed by atoms with E-state index in [1.165, 1.54) is 20.2 Å². The van der Waals surface area contributed by atoms with Gasteiger partial charge in [-0.05, 0) is 70.8 Å². The van der Waals surface area contributed by atoms with Crippen molar-refractivity contribution in [3.8, 4) is 56.4 Å². The molecular weight excluding hydrogens is 719 g/mol. The molecule has 0 atom stereocenters. The van der Waals surface area contributed by atoms with Crippen molar-refractivity contribution in [1.29, 1.82) is 0 Å². The van der Waals surface area contributed by atoms with Crippen molar-refractivity contribution >= 4 is 75.4 Å². The highest BCUT2D eigenvalue weighted by Crippen LogP contribution is 2.44. The van der Waals surface area contributed by atoms with E-state index in [9.17, 15) is 0 Å². The Hall–Kier alpha value is -7.41. The zero-order chi connectivity index (χ0) is 37.5. The summed E-state index contributed by atoms with van der Waals surface area (Å²) in [5.74, 6) is 1.85. The Balaban J connectivity index is 1.02. The first-order valence-corrected chi connectivity index (χ1v) is 19.7. The lowest BCUT2D eigenvalue weighted by molar-refractivity contribution is 0.668. The molecule has 0 radical (unpaired) electrons. The Morgan fingerprint density at radius 1 is 0.316 bits per heavy atom. The van der Waals surface area contributed by atoms with Gasteiger partial charge >= 0.3 is 0 Å². The fraction of sp³-hybridized carbons (Fsp3) is 0. The van der Waals surface area contributed by atoms with Crippen molar-refractivity contribution < 1.29 is 8.83 Å². The SMILES string of the molecule is c1ccc(-c2cc(-c3ccc4sc5cc(-c6nc(-c7ccccc7)nc(-c7cccc8oc9ccccc9c78)n6)ccc5c4c3)c3c(c2)oc2ccccc23)cc1. The minimum Gasteiger partial charge on any atom is -0.456 e. The maximum Gasteiger partial charge on any atom is 0.164 e. The summed E-state index contributed by atoms with van der Waals surface area (Å²) in [6, 6.07) is 61.0. The molecule has 12 rings (SSSR count). The van der Waals surface area contributed by atoms with Crippen LogP contribution in [0.4, 0.5) is 0 Å². The van der Waals surface area contributed by atoms with Gasteiger partial charge in [-0.2, -0.15) is 0 Å². The largest absolute Gasteiger partial charge is 0.456 e. The number of furan rings is 2. The van der Waals surface area contributed by atoms with Gasteiger partial charge in [-0.25, -0.2) is 15.0 Å². The molecule has 0 spiro atoms. The van der Waals surface area contributed by atoms with Gasteiger partial charge in [0, 0.05) is 58.4 Å².